The van der Waals surface area contributed by atoms with Crippen LogP contribution in [-0.2, 0) is 0 Å². The average molecular weight is 345 g/mol. The second kappa shape index (κ2) is 8.15. The lowest BCUT2D eigenvalue weighted by molar-refractivity contribution is 0.145. The quantitative estimate of drug-likeness (QED) is 0.826. The van der Waals surface area contributed by atoms with E-state index >= 15 is 0 Å². The Morgan fingerprint density at radius 3 is 2.46 bits per heavy atom. The molecule has 4 heteroatoms. The van der Waals surface area contributed by atoms with Crippen LogP contribution in [0, 0.1) is 0 Å². The van der Waals surface area contributed by atoms with Crippen LogP contribution in [0.1, 0.15) is 49.8 Å². The van der Waals surface area contributed by atoms with Crippen molar-refractivity contribution >= 4 is 17.0 Å². The minimum atomic E-state index is -0.116. The Hall–Kier alpha value is -1.36. The van der Waals surface area contributed by atoms with Crippen LogP contribution in [0.2, 0.25) is 0 Å². The van der Waals surface area contributed by atoms with Crippen molar-refractivity contribution in [1.82, 2.24) is 5.32 Å². The van der Waals surface area contributed by atoms with Crippen LogP contribution in [0.25, 0.3) is 0 Å². The number of rotatable bonds is 6. The molecule has 1 fully saturated rings. The molecule has 1 aliphatic heterocycles. The van der Waals surface area contributed by atoms with Gasteiger partial charge in [-0.3, -0.25) is 0 Å². The molecular weight excluding hydrogens is 316 g/mol. The lowest BCUT2D eigenvalue weighted by Gasteiger charge is -2.31. The van der Waals surface area contributed by atoms with Crippen LogP contribution in [0.4, 0.5) is 5.69 Å². The summed E-state index contributed by atoms with van der Waals surface area (Å²) in [6, 6.07) is 11.5. The normalized spacial score (nSPS) is 18.5. The first kappa shape index (κ1) is 17.5. The number of anilines is 1. The van der Waals surface area contributed by atoms with Crippen LogP contribution in [0.5, 0.6) is 0 Å². The molecule has 0 spiro atoms. The largest absolute Gasteiger partial charge is 0.393 e. The van der Waals surface area contributed by atoms with Crippen LogP contribution in [0.3, 0.4) is 0 Å². The third kappa shape index (κ3) is 4.38. The number of aliphatic hydroxyl groups excluding tert-OH is 1. The Balaban J connectivity index is 1.53. The molecule has 2 atom stereocenters. The zero-order valence-electron chi connectivity index (χ0n) is 14.6. The van der Waals surface area contributed by atoms with E-state index in [1.807, 2.05) is 0 Å². The number of thiophene rings is 1. The maximum absolute atomic E-state index is 9.63. The van der Waals surface area contributed by atoms with E-state index in [2.05, 4.69) is 65.2 Å². The van der Waals surface area contributed by atoms with Crippen molar-refractivity contribution in [2.24, 2.45) is 0 Å². The molecule has 0 bridgehead atoms. The van der Waals surface area contributed by atoms with Gasteiger partial charge in [-0.1, -0.05) is 19.1 Å². The Morgan fingerprint density at radius 2 is 1.83 bits per heavy atom. The summed E-state index contributed by atoms with van der Waals surface area (Å²) in [5.41, 5.74) is 4.01. The number of piperidine rings is 1. The molecular formula is C20H28N2OS. The first-order valence-electron chi connectivity index (χ1n) is 8.92. The number of aliphatic hydroxyl groups is 1. The predicted molar refractivity (Wildman–Crippen MR) is 103 cm³/mol. The molecule has 0 radical (unpaired) electrons. The van der Waals surface area contributed by atoms with Gasteiger partial charge in [0.25, 0.3) is 0 Å². The second-order valence-corrected chi connectivity index (χ2v) is 7.68. The molecule has 2 aromatic rings. The summed E-state index contributed by atoms with van der Waals surface area (Å²) >= 11 is 1.77. The molecule has 1 aromatic heterocycles. The van der Waals surface area contributed by atoms with Crippen molar-refractivity contribution < 1.29 is 5.11 Å². The van der Waals surface area contributed by atoms with E-state index in [0.29, 0.717) is 12.0 Å². The summed E-state index contributed by atoms with van der Waals surface area (Å²) in [4.78, 5) is 2.37. The van der Waals surface area contributed by atoms with Gasteiger partial charge in [0.1, 0.15) is 0 Å². The summed E-state index contributed by atoms with van der Waals surface area (Å²) in [7, 11) is 0. The standard InChI is InChI=1S/C20H28N2OS/c1-15(18-9-12-24-14-18)13-21-16(2)17-3-5-19(6-4-17)22-10-7-20(23)8-11-22/h3-6,9,12,14-16,20-21,23H,7-8,10-11,13H2,1-2H3. The molecule has 0 aliphatic carbocycles. The summed E-state index contributed by atoms with van der Waals surface area (Å²) in [5, 5.41) is 17.7. The monoisotopic (exact) mass is 344 g/mol. The second-order valence-electron chi connectivity index (χ2n) is 6.90. The molecule has 1 aromatic carbocycles. The molecule has 2 unspecified atom stereocenters. The van der Waals surface area contributed by atoms with Crippen molar-refractivity contribution in [2.75, 3.05) is 24.5 Å². The fourth-order valence-electron chi connectivity index (χ4n) is 3.24. The van der Waals surface area contributed by atoms with Crippen molar-refractivity contribution in [2.45, 2.75) is 44.8 Å². The van der Waals surface area contributed by atoms with Gasteiger partial charge in [-0.2, -0.15) is 11.3 Å². The Labute approximate surface area is 149 Å². The van der Waals surface area contributed by atoms with Gasteiger partial charge in [-0.15, -0.1) is 0 Å². The summed E-state index contributed by atoms with van der Waals surface area (Å²) in [6.45, 7) is 7.39. The number of hydrogen-bond donors (Lipinski definition) is 2. The van der Waals surface area contributed by atoms with E-state index in [1.54, 1.807) is 11.3 Å². The first-order valence-corrected chi connectivity index (χ1v) is 9.86. The Bertz CT molecular complexity index is 603. The molecule has 2 N–H and O–H groups in total. The molecule has 1 saturated heterocycles. The zero-order chi connectivity index (χ0) is 16.9. The van der Waals surface area contributed by atoms with Crippen molar-refractivity contribution in [3.63, 3.8) is 0 Å². The van der Waals surface area contributed by atoms with E-state index < -0.39 is 0 Å². The molecule has 0 amide bonds. The summed E-state index contributed by atoms with van der Waals surface area (Å²) in [6.07, 6.45) is 1.63. The van der Waals surface area contributed by atoms with Gasteiger partial charge in [-0.25, -0.2) is 0 Å². The molecule has 24 heavy (non-hydrogen) atoms. The molecule has 3 nitrogen and oxygen atoms in total. The van der Waals surface area contributed by atoms with E-state index in [1.165, 1.54) is 16.8 Å². The predicted octanol–water partition coefficient (Wildman–Crippen LogP) is 4.16. The van der Waals surface area contributed by atoms with E-state index in [9.17, 15) is 5.11 Å². The number of nitrogens with zero attached hydrogens (tertiary/aromatic N) is 1. The molecule has 130 valence electrons. The molecule has 2 heterocycles. The van der Waals surface area contributed by atoms with E-state index in [4.69, 9.17) is 0 Å². The Morgan fingerprint density at radius 1 is 1.12 bits per heavy atom. The third-order valence-electron chi connectivity index (χ3n) is 5.07. The minimum absolute atomic E-state index is 0.116. The van der Waals surface area contributed by atoms with Crippen LogP contribution >= 0.6 is 11.3 Å². The van der Waals surface area contributed by atoms with E-state index in [-0.39, 0.29) is 6.10 Å². The van der Waals surface area contributed by atoms with Crippen LogP contribution in [-0.4, -0.2) is 30.8 Å². The number of benzene rings is 1. The third-order valence-corrected chi connectivity index (χ3v) is 5.77. The lowest BCUT2D eigenvalue weighted by Crippen LogP contribution is -2.35. The van der Waals surface area contributed by atoms with Gasteiger partial charge in [0.2, 0.25) is 0 Å². The maximum Gasteiger partial charge on any atom is 0.0574 e. The highest BCUT2D eigenvalue weighted by molar-refractivity contribution is 7.07. The van der Waals surface area contributed by atoms with Gasteiger partial charge in [0.15, 0.2) is 0 Å². The van der Waals surface area contributed by atoms with E-state index in [0.717, 1.165) is 32.5 Å². The highest BCUT2D eigenvalue weighted by Crippen LogP contribution is 2.23. The lowest BCUT2D eigenvalue weighted by atomic mass is 10.0. The highest BCUT2D eigenvalue weighted by Gasteiger charge is 2.17. The smallest absolute Gasteiger partial charge is 0.0574 e. The van der Waals surface area contributed by atoms with Gasteiger partial charge in [-0.05, 0) is 65.8 Å². The van der Waals surface area contributed by atoms with Crippen LogP contribution < -0.4 is 10.2 Å². The first-order chi connectivity index (χ1) is 11.6. The van der Waals surface area contributed by atoms with Crippen LogP contribution in [0.15, 0.2) is 41.1 Å². The molecule has 3 rings (SSSR count). The number of nitrogens with one attached hydrogen (secondary N) is 1. The SMILES string of the molecule is CC(CNC(C)c1ccc(N2CCC(O)CC2)cc1)c1ccsc1. The average Bonchev–Trinajstić information content (AvgIpc) is 3.15. The zero-order valence-corrected chi connectivity index (χ0v) is 15.4. The van der Waals surface area contributed by atoms with Gasteiger partial charge >= 0.3 is 0 Å². The maximum atomic E-state index is 9.63. The molecule has 0 saturated carbocycles. The molecule has 1 aliphatic rings. The van der Waals surface area contributed by atoms with Gasteiger partial charge < -0.3 is 15.3 Å². The fourth-order valence-corrected chi connectivity index (χ4v) is 4.02. The topological polar surface area (TPSA) is 35.5 Å². The summed E-state index contributed by atoms with van der Waals surface area (Å²) in [5.74, 6) is 0.540. The highest BCUT2D eigenvalue weighted by atomic mass is 32.1. The van der Waals surface area contributed by atoms with Crippen molar-refractivity contribution in [3.05, 3.63) is 52.2 Å². The Kier molecular flexibility index (Phi) is 5.93. The minimum Gasteiger partial charge on any atom is -0.393 e. The van der Waals surface area contributed by atoms with Crippen molar-refractivity contribution in [1.29, 1.82) is 0 Å². The fraction of sp³-hybridized carbons (Fsp3) is 0.500. The van der Waals surface area contributed by atoms with Gasteiger partial charge in [0, 0.05) is 31.4 Å². The summed E-state index contributed by atoms with van der Waals surface area (Å²) < 4.78 is 0. The van der Waals surface area contributed by atoms with Crippen molar-refractivity contribution in [3.8, 4) is 0 Å². The van der Waals surface area contributed by atoms with Gasteiger partial charge in [0.05, 0.1) is 6.10 Å². The number of hydrogen-bond acceptors (Lipinski definition) is 4.